The van der Waals surface area contributed by atoms with E-state index in [0.29, 0.717) is 6.04 Å². The highest BCUT2D eigenvalue weighted by molar-refractivity contribution is 4.98. The SMILES string of the molecule is CCC(CC)(CO)CNC(C)CCc1ccco1. The molecule has 0 saturated heterocycles. The van der Waals surface area contributed by atoms with Crippen molar-refractivity contribution in [3.63, 3.8) is 0 Å². The maximum absolute atomic E-state index is 9.51. The summed E-state index contributed by atoms with van der Waals surface area (Å²) in [6.07, 6.45) is 5.77. The molecule has 1 heterocycles. The topological polar surface area (TPSA) is 45.4 Å². The van der Waals surface area contributed by atoms with Crippen LogP contribution in [0.5, 0.6) is 0 Å². The molecule has 0 bridgehead atoms. The van der Waals surface area contributed by atoms with Crippen molar-refractivity contribution in [3.05, 3.63) is 24.2 Å². The summed E-state index contributed by atoms with van der Waals surface area (Å²) in [4.78, 5) is 0. The zero-order valence-corrected chi connectivity index (χ0v) is 11.9. The molecule has 0 aliphatic carbocycles. The number of aliphatic hydroxyl groups excluding tert-OH is 1. The molecule has 1 unspecified atom stereocenters. The zero-order valence-electron chi connectivity index (χ0n) is 11.9. The van der Waals surface area contributed by atoms with E-state index in [-0.39, 0.29) is 12.0 Å². The van der Waals surface area contributed by atoms with Crippen LogP contribution in [-0.4, -0.2) is 24.3 Å². The van der Waals surface area contributed by atoms with Crippen molar-refractivity contribution in [1.29, 1.82) is 0 Å². The van der Waals surface area contributed by atoms with Crippen LogP contribution in [0.2, 0.25) is 0 Å². The number of rotatable bonds is 9. The van der Waals surface area contributed by atoms with Crippen molar-refractivity contribution in [2.45, 2.75) is 52.5 Å². The smallest absolute Gasteiger partial charge is 0.103 e. The van der Waals surface area contributed by atoms with Crippen molar-refractivity contribution >= 4 is 0 Å². The molecule has 1 aromatic heterocycles. The monoisotopic (exact) mass is 253 g/mol. The van der Waals surface area contributed by atoms with Crippen molar-refractivity contribution < 1.29 is 9.52 Å². The first kappa shape index (κ1) is 15.3. The summed E-state index contributed by atoms with van der Waals surface area (Å²) in [5.41, 5.74) is 0.0406. The summed E-state index contributed by atoms with van der Waals surface area (Å²) in [7, 11) is 0. The lowest BCUT2D eigenvalue weighted by atomic mass is 9.83. The quantitative estimate of drug-likeness (QED) is 0.711. The lowest BCUT2D eigenvalue weighted by Gasteiger charge is -2.31. The number of aryl methyl sites for hydroxylation is 1. The van der Waals surface area contributed by atoms with E-state index in [1.54, 1.807) is 6.26 Å². The number of furan rings is 1. The largest absolute Gasteiger partial charge is 0.469 e. The lowest BCUT2D eigenvalue weighted by molar-refractivity contribution is 0.110. The maximum atomic E-state index is 9.51. The molecule has 104 valence electrons. The third-order valence-electron chi connectivity index (χ3n) is 4.06. The molecule has 18 heavy (non-hydrogen) atoms. The molecule has 1 atom stereocenters. The average Bonchev–Trinajstić information content (AvgIpc) is 2.92. The average molecular weight is 253 g/mol. The summed E-state index contributed by atoms with van der Waals surface area (Å²) < 4.78 is 5.33. The van der Waals surface area contributed by atoms with Crippen molar-refractivity contribution in [1.82, 2.24) is 5.32 Å². The van der Waals surface area contributed by atoms with Gasteiger partial charge in [-0.1, -0.05) is 13.8 Å². The minimum absolute atomic E-state index is 0.0406. The van der Waals surface area contributed by atoms with Crippen LogP contribution >= 0.6 is 0 Å². The van der Waals surface area contributed by atoms with Crippen molar-refractivity contribution in [2.75, 3.05) is 13.2 Å². The minimum atomic E-state index is 0.0406. The Kier molecular flexibility index (Phi) is 6.44. The second-order valence-corrected chi connectivity index (χ2v) is 5.27. The van der Waals surface area contributed by atoms with Crippen LogP contribution in [0.25, 0.3) is 0 Å². The molecular weight excluding hydrogens is 226 g/mol. The third-order valence-corrected chi connectivity index (χ3v) is 4.06. The fourth-order valence-corrected chi connectivity index (χ4v) is 2.09. The zero-order chi connectivity index (χ0) is 13.4. The summed E-state index contributed by atoms with van der Waals surface area (Å²) in [6, 6.07) is 4.39. The van der Waals surface area contributed by atoms with Crippen LogP contribution in [0.4, 0.5) is 0 Å². The summed E-state index contributed by atoms with van der Waals surface area (Å²) in [6.45, 7) is 7.63. The maximum Gasteiger partial charge on any atom is 0.103 e. The van der Waals surface area contributed by atoms with E-state index in [9.17, 15) is 5.11 Å². The molecular formula is C15H27NO2. The Bertz CT molecular complexity index is 296. The van der Waals surface area contributed by atoms with Crippen LogP contribution in [0, 0.1) is 5.41 Å². The molecule has 0 aliphatic rings. The van der Waals surface area contributed by atoms with E-state index in [1.807, 2.05) is 12.1 Å². The number of hydrogen-bond acceptors (Lipinski definition) is 3. The molecule has 1 aromatic rings. The van der Waals surface area contributed by atoms with Gasteiger partial charge in [-0.2, -0.15) is 0 Å². The molecule has 0 radical (unpaired) electrons. The second-order valence-electron chi connectivity index (χ2n) is 5.27. The summed E-state index contributed by atoms with van der Waals surface area (Å²) in [5, 5.41) is 13.1. The number of nitrogens with one attached hydrogen (secondary N) is 1. The molecule has 1 rings (SSSR count). The fourth-order valence-electron chi connectivity index (χ4n) is 2.09. The van der Waals surface area contributed by atoms with Gasteiger partial charge in [0.1, 0.15) is 5.76 Å². The molecule has 0 saturated carbocycles. The highest BCUT2D eigenvalue weighted by Gasteiger charge is 2.25. The van der Waals surface area contributed by atoms with E-state index in [2.05, 4.69) is 26.1 Å². The van der Waals surface area contributed by atoms with Crippen LogP contribution in [0.3, 0.4) is 0 Å². The Labute approximate surface area is 111 Å². The van der Waals surface area contributed by atoms with E-state index in [4.69, 9.17) is 4.42 Å². The van der Waals surface area contributed by atoms with Crippen molar-refractivity contribution in [3.8, 4) is 0 Å². The van der Waals surface area contributed by atoms with Gasteiger partial charge in [-0.05, 0) is 38.3 Å². The standard InChI is InChI=1S/C15H27NO2/c1-4-15(5-2,12-17)11-16-13(3)8-9-14-7-6-10-18-14/h6-7,10,13,16-17H,4-5,8-9,11-12H2,1-3H3. The van der Waals surface area contributed by atoms with Gasteiger partial charge in [0.05, 0.1) is 6.26 Å². The number of hydrogen-bond donors (Lipinski definition) is 2. The van der Waals surface area contributed by atoms with E-state index >= 15 is 0 Å². The van der Waals surface area contributed by atoms with Gasteiger partial charge >= 0.3 is 0 Å². The Morgan fingerprint density at radius 2 is 2.11 bits per heavy atom. The van der Waals surface area contributed by atoms with Gasteiger partial charge in [0, 0.05) is 31.0 Å². The Morgan fingerprint density at radius 3 is 2.61 bits per heavy atom. The van der Waals surface area contributed by atoms with Gasteiger partial charge < -0.3 is 14.8 Å². The van der Waals surface area contributed by atoms with Gasteiger partial charge in [-0.25, -0.2) is 0 Å². The molecule has 0 spiro atoms. The molecule has 2 N–H and O–H groups in total. The highest BCUT2D eigenvalue weighted by Crippen LogP contribution is 2.24. The van der Waals surface area contributed by atoms with E-state index in [1.165, 1.54) is 0 Å². The molecule has 0 fully saturated rings. The van der Waals surface area contributed by atoms with Gasteiger partial charge in [-0.3, -0.25) is 0 Å². The van der Waals surface area contributed by atoms with Crippen molar-refractivity contribution in [2.24, 2.45) is 5.41 Å². The van der Waals surface area contributed by atoms with Gasteiger partial charge in [0.25, 0.3) is 0 Å². The van der Waals surface area contributed by atoms with Crippen LogP contribution < -0.4 is 5.32 Å². The summed E-state index contributed by atoms with van der Waals surface area (Å²) >= 11 is 0. The summed E-state index contributed by atoms with van der Waals surface area (Å²) in [5.74, 6) is 1.04. The lowest BCUT2D eigenvalue weighted by Crippen LogP contribution is -2.40. The van der Waals surface area contributed by atoms with Gasteiger partial charge in [0.15, 0.2) is 0 Å². The van der Waals surface area contributed by atoms with Gasteiger partial charge in [0.2, 0.25) is 0 Å². The molecule has 0 aromatic carbocycles. The van der Waals surface area contributed by atoms with E-state index < -0.39 is 0 Å². The molecule has 0 aliphatic heterocycles. The molecule has 0 amide bonds. The highest BCUT2D eigenvalue weighted by atomic mass is 16.3. The predicted octanol–water partition coefficient (Wildman–Crippen LogP) is 2.99. The van der Waals surface area contributed by atoms with E-state index in [0.717, 1.165) is 38.0 Å². The Balaban J connectivity index is 2.29. The van der Waals surface area contributed by atoms with Crippen LogP contribution in [0.15, 0.2) is 22.8 Å². The first-order chi connectivity index (χ1) is 8.65. The number of aliphatic hydroxyl groups is 1. The van der Waals surface area contributed by atoms with Crippen LogP contribution in [0.1, 0.15) is 45.8 Å². The second kappa shape index (κ2) is 7.59. The predicted molar refractivity (Wildman–Crippen MR) is 74.6 cm³/mol. The Morgan fingerprint density at radius 1 is 1.39 bits per heavy atom. The first-order valence-corrected chi connectivity index (χ1v) is 7.02. The fraction of sp³-hybridized carbons (Fsp3) is 0.733. The minimum Gasteiger partial charge on any atom is -0.469 e. The third kappa shape index (κ3) is 4.46. The normalized spacial score (nSPS) is 13.8. The van der Waals surface area contributed by atoms with Gasteiger partial charge in [-0.15, -0.1) is 0 Å². The van der Waals surface area contributed by atoms with Crippen LogP contribution in [-0.2, 0) is 6.42 Å². The first-order valence-electron chi connectivity index (χ1n) is 7.02. The Hall–Kier alpha value is -0.800. The molecule has 3 heteroatoms. The molecule has 3 nitrogen and oxygen atoms in total.